The van der Waals surface area contributed by atoms with E-state index in [0.29, 0.717) is 31.0 Å². The average molecular weight is 530 g/mol. The molecule has 3 aromatic rings. The van der Waals surface area contributed by atoms with Gasteiger partial charge in [0.25, 0.3) is 0 Å². The largest absolute Gasteiger partial charge is 0.454 e. The van der Waals surface area contributed by atoms with Gasteiger partial charge < -0.3 is 29.2 Å². The first-order valence-corrected chi connectivity index (χ1v) is 13.4. The van der Waals surface area contributed by atoms with Gasteiger partial charge in [-0.2, -0.15) is 0 Å². The van der Waals surface area contributed by atoms with E-state index in [-0.39, 0.29) is 37.1 Å². The Hall–Kier alpha value is -4.05. The number of H-pyrrole nitrogens is 1. The fourth-order valence-corrected chi connectivity index (χ4v) is 6.57. The van der Waals surface area contributed by atoms with Crippen LogP contribution in [0.25, 0.3) is 10.9 Å². The van der Waals surface area contributed by atoms with Crippen LogP contribution in [0, 0.1) is 0 Å². The molecule has 10 heteroatoms. The Bertz CT molecular complexity index is 1500. The summed E-state index contributed by atoms with van der Waals surface area (Å²) in [6, 6.07) is 12.7. The number of nitrogens with one attached hydrogen (secondary N) is 1. The predicted octanol–water partition coefficient (Wildman–Crippen LogP) is 1.74. The van der Waals surface area contributed by atoms with Crippen molar-refractivity contribution in [3.8, 4) is 11.5 Å². The van der Waals surface area contributed by atoms with E-state index in [2.05, 4.69) is 16.0 Å². The number of aromatic nitrogens is 1. The molecule has 1 aromatic heterocycles. The molecule has 4 aliphatic rings. The predicted molar refractivity (Wildman–Crippen MR) is 142 cm³/mol. The minimum absolute atomic E-state index is 0.0259. The fraction of sp³-hybridized carbons (Fsp3) is 0.414. The Morgan fingerprint density at radius 1 is 1.10 bits per heavy atom. The van der Waals surface area contributed by atoms with Gasteiger partial charge in [0.1, 0.15) is 12.6 Å². The quantitative estimate of drug-likeness (QED) is 0.553. The zero-order valence-corrected chi connectivity index (χ0v) is 22.1. The van der Waals surface area contributed by atoms with Crippen LogP contribution in [0.5, 0.6) is 11.5 Å². The summed E-state index contributed by atoms with van der Waals surface area (Å²) in [5, 5.41) is 1.07. The monoisotopic (exact) mass is 529 g/mol. The van der Waals surface area contributed by atoms with Gasteiger partial charge in [-0.15, -0.1) is 0 Å². The fourth-order valence-electron chi connectivity index (χ4n) is 6.57. The van der Waals surface area contributed by atoms with Gasteiger partial charge in [-0.3, -0.25) is 19.3 Å². The summed E-state index contributed by atoms with van der Waals surface area (Å²) in [7, 11) is 3.49. The van der Waals surface area contributed by atoms with Crippen LogP contribution < -0.4 is 9.47 Å². The van der Waals surface area contributed by atoms with Crippen LogP contribution >= 0.6 is 0 Å². The van der Waals surface area contributed by atoms with Crippen LogP contribution in [-0.4, -0.2) is 101 Å². The number of piperazine rings is 1. The van der Waals surface area contributed by atoms with Gasteiger partial charge in [-0.05, 0) is 35.7 Å². The molecule has 202 valence electrons. The average Bonchev–Trinajstić information content (AvgIpc) is 3.67. The maximum atomic E-state index is 14.1. The van der Waals surface area contributed by atoms with Crippen molar-refractivity contribution in [2.24, 2.45) is 0 Å². The van der Waals surface area contributed by atoms with Crippen molar-refractivity contribution in [1.82, 2.24) is 24.6 Å². The van der Waals surface area contributed by atoms with Crippen molar-refractivity contribution < 1.29 is 23.9 Å². The lowest BCUT2D eigenvalue weighted by Gasteiger charge is -2.48. The first-order chi connectivity index (χ1) is 18.9. The van der Waals surface area contributed by atoms with E-state index in [9.17, 15) is 14.4 Å². The lowest BCUT2D eigenvalue weighted by molar-refractivity contribution is -0.160. The summed E-state index contributed by atoms with van der Waals surface area (Å²) in [5.74, 6) is 1.25. The molecule has 0 bridgehead atoms. The molecule has 0 aliphatic carbocycles. The highest BCUT2D eigenvalue weighted by Crippen LogP contribution is 2.45. The maximum Gasteiger partial charge on any atom is 0.246 e. The number of hydrogen-bond acceptors (Lipinski definition) is 6. The molecule has 3 atom stereocenters. The molecule has 2 aromatic carbocycles. The van der Waals surface area contributed by atoms with Crippen LogP contribution in [-0.2, 0) is 20.8 Å². The van der Waals surface area contributed by atoms with E-state index in [4.69, 9.17) is 9.47 Å². The van der Waals surface area contributed by atoms with Crippen molar-refractivity contribution in [3.05, 3.63) is 59.3 Å². The molecule has 3 amide bonds. The highest BCUT2D eigenvalue weighted by atomic mass is 16.7. The van der Waals surface area contributed by atoms with Crippen LogP contribution in [0.15, 0.2) is 42.5 Å². The van der Waals surface area contributed by atoms with Crippen LogP contribution in [0.3, 0.4) is 0 Å². The van der Waals surface area contributed by atoms with Crippen molar-refractivity contribution in [2.45, 2.75) is 31.0 Å². The molecule has 7 rings (SSSR count). The molecule has 0 spiro atoms. The number of carbonyl (C=O) groups is 3. The Kier molecular flexibility index (Phi) is 5.55. The van der Waals surface area contributed by atoms with Gasteiger partial charge in [0.2, 0.25) is 24.5 Å². The number of para-hydroxylation sites is 1. The number of ether oxygens (including phenoxy) is 2. The lowest BCUT2D eigenvalue weighted by atomic mass is 9.85. The number of carbonyl (C=O) groups excluding carboxylic acids is 3. The number of rotatable bonds is 4. The van der Waals surface area contributed by atoms with Crippen molar-refractivity contribution in [3.63, 3.8) is 0 Å². The Labute approximate surface area is 226 Å². The summed E-state index contributed by atoms with van der Waals surface area (Å²) in [5.41, 5.74) is 3.87. The molecule has 0 radical (unpaired) electrons. The normalized spacial score (nSPS) is 24.3. The van der Waals surface area contributed by atoms with Crippen LogP contribution in [0.4, 0.5) is 0 Å². The van der Waals surface area contributed by atoms with E-state index >= 15 is 0 Å². The first kappa shape index (κ1) is 24.0. The Balaban J connectivity index is 1.24. The zero-order chi connectivity index (χ0) is 26.8. The number of benzene rings is 2. The standard InChI is InChI=1S/C29H31N5O5/c1-31(2)25(35)14-32-10-9-18(13-32)33-15-26(36)34-22(29(33)37)12-20-19-5-3-4-6-21(19)30-27(20)28(34)17-7-8-23-24(11-17)39-16-38-23/h3-8,11,18,22,28,30H,9-10,12-16H2,1-2H3/t18-,22-,28-/m1/s1. The van der Waals surface area contributed by atoms with E-state index in [0.717, 1.165) is 40.7 Å². The second kappa shape index (κ2) is 9.01. The lowest BCUT2D eigenvalue weighted by Crippen LogP contribution is -2.65. The van der Waals surface area contributed by atoms with E-state index < -0.39 is 12.1 Å². The third-order valence-electron chi connectivity index (χ3n) is 8.55. The summed E-state index contributed by atoms with van der Waals surface area (Å²) in [6.45, 7) is 1.84. The second-order valence-corrected chi connectivity index (χ2v) is 11.0. The van der Waals surface area contributed by atoms with Gasteiger partial charge in [0.05, 0.1) is 12.6 Å². The molecular formula is C29H31N5O5. The summed E-state index contributed by atoms with van der Waals surface area (Å²) in [6.07, 6.45) is 1.20. The third kappa shape index (κ3) is 3.84. The number of aromatic amines is 1. The van der Waals surface area contributed by atoms with Crippen LogP contribution in [0.2, 0.25) is 0 Å². The second-order valence-electron chi connectivity index (χ2n) is 11.0. The molecule has 2 fully saturated rings. The summed E-state index contributed by atoms with van der Waals surface area (Å²) >= 11 is 0. The minimum Gasteiger partial charge on any atom is -0.454 e. The van der Waals surface area contributed by atoms with Crippen molar-refractivity contribution in [1.29, 1.82) is 0 Å². The van der Waals surface area contributed by atoms with Crippen molar-refractivity contribution in [2.75, 3.05) is 47.1 Å². The molecule has 0 unspecified atom stereocenters. The van der Waals surface area contributed by atoms with E-state index in [1.807, 2.05) is 36.4 Å². The molecule has 2 saturated heterocycles. The maximum absolute atomic E-state index is 14.1. The van der Waals surface area contributed by atoms with Gasteiger partial charge in [0.15, 0.2) is 11.5 Å². The highest BCUT2D eigenvalue weighted by Gasteiger charge is 2.50. The Morgan fingerprint density at radius 3 is 2.77 bits per heavy atom. The minimum atomic E-state index is -0.606. The van der Waals surface area contributed by atoms with Crippen LogP contribution in [0.1, 0.15) is 29.3 Å². The van der Waals surface area contributed by atoms with Gasteiger partial charge in [-0.25, -0.2) is 0 Å². The number of likely N-dealkylation sites (N-methyl/N-ethyl adjacent to an activating group) is 1. The van der Waals surface area contributed by atoms with Crippen molar-refractivity contribution >= 4 is 28.6 Å². The number of nitrogens with zero attached hydrogens (tertiary/aromatic N) is 4. The Morgan fingerprint density at radius 2 is 1.92 bits per heavy atom. The highest BCUT2D eigenvalue weighted by molar-refractivity contribution is 5.98. The number of fused-ring (bicyclic) bond motifs is 5. The van der Waals surface area contributed by atoms with Gasteiger partial charge in [-0.1, -0.05) is 24.3 Å². The zero-order valence-electron chi connectivity index (χ0n) is 22.1. The third-order valence-corrected chi connectivity index (χ3v) is 8.55. The molecule has 0 saturated carbocycles. The summed E-state index contributed by atoms with van der Waals surface area (Å²) < 4.78 is 11.2. The number of hydrogen-bond donors (Lipinski definition) is 1. The summed E-state index contributed by atoms with van der Waals surface area (Å²) in [4.78, 5) is 51.1. The molecule has 4 aliphatic heterocycles. The first-order valence-electron chi connectivity index (χ1n) is 13.4. The molecule has 39 heavy (non-hydrogen) atoms. The molecule has 10 nitrogen and oxygen atoms in total. The molecule has 5 heterocycles. The SMILES string of the molecule is CN(C)C(=O)CN1CC[C@@H](N2CC(=O)N3[C@H](c4ccc5c(c4)OCO5)c4[nH]c5ccccc5c4C[C@@H]3C2=O)C1. The van der Waals surface area contributed by atoms with E-state index in [1.54, 1.807) is 28.8 Å². The number of amides is 3. The van der Waals surface area contributed by atoms with Gasteiger partial charge in [0, 0.05) is 56.2 Å². The molecular weight excluding hydrogens is 498 g/mol. The number of likely N-dealkylation sites (tertiary alicyclic amines) is 1. The molecule has 1 N–H and O–H groups in total. The topological polar surface area (TPSA) is 98.4 Å². The van der Waals surface area contributed by atoms with E-state index in [1.165, 1.54) is 0 Å². The smallest absolute Gasteiger partial charge is 0.246 e. The van der Waals surface area contributed by atoms with Gasteiger partial charge >= 0.3 is 0 Å².